The predicted molar refractivity (Wildman–Crippen MR) is 90.7 cm³/mol. The van der Waals surface area contributed by atoms with Crippen molar-refractivity contribution in [2.24, 2.45) is 5.41 Å². The number of likely N-dealkylation sites (tertiary alicyclic amines) is 1. The van der Waals surface area contributed by atoms with E-state index in [1.807, 2.05) is 12.1 Å². The number of fused-ring (bicyclic) bond motifs is 1. The number of hydrogen-bond donors (Lipinski definition) is 0. The third kappa shape index (κ3) is 3.27. The van der Waals surface area contributed by atoms with Crippen LogP contribution in [0.5, 0.6) is 5.75 Å². The van der Waals surface area contributed by atoms with Gasteiger partial charge in [0.25, 0.3) is 0 Å². The lowest BCUT2D eigenvalue weighted by molar-refractivity contribution is -0.0413. The highest BCUT2D eigenvalue weighted by atomic mass is 32.1. The number of piperidine rings is 1. The Morgan fingerprint density at radius 3 is 3.26 bits per heavy atom. The van der Waals surface area contributed by atoms with Crippen LogP contribution in [0.15, 0.2) is 41.4 Å². The lowest BCUT2D eigenvalue weighted by atomic mass is 9.77. The molecule has 2 aliphatic rings. The Balaban J connectivity index is 1.44. The number of rotatable bonds is 5. The second kappa shape index (κ2) is 6.59. The van der Waals surface area contributed by atoms with Crippen LogP contribution in [0.4, 0.5) is 0 Å². The molecular weight excluding hydrogens is 308 g/mol. The van der Waals surface area contributed by atoms with E-state index < -0.39 is 0 Å². The molecule has 0 saturated carbocycles. The minimum absolute atomic E-state index is 0.115. The van der Waals surface area contributed by atoms with E-state index in [2.05, 4.69) is 26.7 Å². The van der Waals surface area contributed by atoms with E-state index in [9.17, 15) is 0 Å². The number of thiophene rings is 1. The molecule has 2 aliphatic heterocycles. The molecule has 122 valence electrons. The van der Waals surface area contributed by atoms with Gasteiger partial charge in [-0.05, 0) is 47.4 Å². The van der Waals surface area contributed by atoms with Crippen molar-refractivity contribution in [3.63, 3.8) is 0 Å². The van der Waals surface area contributed by atoms with Gasteiger partial charge in [0.05, 0.1) is 18.9 Å². The van der Waals surface area contributed by atoms with Gasteiger partial charge < -0.3 is 9.47 Å². The van der Waals surface area contributed by atoms with Crippen LogP contribution in [0.1, 0.15) is 18.4 Å². The van der Waals surface area contributed by atoms with E-state index in [1.165, 1.54) is 5.56 Å². The van der Waals surface area contributed by atoms with Gasteiger partial charge in [-0.1, -0.05) is 0 Å². The minimum atomic E-state index is 0.115. The van der Waals surface area contributed by atoms with Gasteiger partial charge in [-0.2, -0.15) is 11.3 Å². The Morgan fingerprint density at radius 1 is 1.43 bits per heavy atom. The Morgan fingerprint density at radius 2 is 2.43 bits per heavy atom. The molecule has 2 aromatic heterocycles. The van der Waals surface area contributed by atoms with Crippen LogP contribution in [-0.2, 0) is 11.3 Å². The fraction of sp³-hybridized carbons (Fsp3) is 0.500. The summed E-state index contributed by atoms with van der Waals surface area (Å²) in [5.74, 6) is 0.850. The van der Waals surface area contributed by atoms with Crippen LogP contribution >= 0.6 is 11.3 Å². The lowest BCUT2D eigenvalue weighted by Gasteiger charge is -2.43. The number of pyridine rings is 1. The molecule has 2 aromatic rings. The van der Waals surface area contributed by atoms with E-state index in [0.717, 1.165) is 44.8 Å². The summed E-state index contributed by atoms with van der Waals surface area (Å²) < 4.78 is 12.1. The molecule has 2 atom stereocenters. The van der Waals surface area contributed by atoms with Crippen molar-refractivity contribution in [2.45, 2.75) is 25.5 Å². The van der Waals surface area contributed by atoms with Crippen LogP contribution in [-0.4, -0.2) is 42.3 Å². The second-order valence-corrected chi connectivity index (χ2v) is 7.36. The maximum Gasteiger partial charge on any atom is 0.137 e. The highest BCUT2D eigenvalue weighted by molar-refractivity contribution is 7.07. The van der Waals surface area contributed by atoms with E-state index in [0.29, 0.717) is 12.7 Å². The first-order chi connectivity index (χ1) is 11.3. The van der Waals surface area contributed by atoms with Crippen molar-refractivity contribution in [2.75, 3.05) is 26.3 Å². The first kappa shape index (κ1) is 15.1. The Labute approximate surface area is 141 Å². The topological polar surface area (TPSA) is 34.6 Å². The van der Waals surface area contributed by atoms with Crippen LogP contribution in [0.2, 0.25) is 0 Å². The summed E-state index contributed by atoms with van der Waals surface area (Å²) in [7, 11) is 0. The molecule has 0 N–H and O–H groups in total. The Hall–Kier alpha value is -1.43. The SMILES string of the molecule is c1cncc(OC[C@]23CCO[C@H]2CCN(Cc2ccsc2)C3)c1. The minimum Gasteiger partial charge on any atom is -0.491 e. The van der Waals surface area contributed by atoms with E-state index in [1.54, 1.807) is 23.7 Å². The quantitative estimate of drug-likeness (QED) is 0.843. The van der Waals surface area contributed by atoms with E-state index in [4.69, 9.17) is 9.47 Å². The second-order valence-electron chi connectivity index (χ2n) is 6.58. The lowest BCUT2D eigenvalue weighted by Crippen LogP contribution is -2.52. The molecule has 23 heavy (non-hydrogen) atoms. The van der Waals surface area contributed by atoms with Crippen LogP contribution in [0.3, 0.4) is 0 Å². The Bertz CT molecular complexity index is 619. The molecule has 4 nitrogen and oxygen atoms in total. The first-order valence-corrected chi connectivity index (χ1v) is 9.16. The maximum atomic E-state index is 6.07. The van der Waals surface area contributed by atoms with Crippen molar-refractivity contribution in [3.05, 3.63) is 46.9 Å². The van der Waals surface area contributed by atoms with Crippen LogP contribution in [0.25, 0.3) is 0 Å². The molecule has 0 spiro atoms. The average Bonchev–Trinajstić information content (AvgIpc) is 3.23. The van der Waals surface area contributed by atoms with Gasteiger partial charge in [-0.3, -0.25) is 9.88 Å². The molecule has 5 heteroatoms. The largest absolute Gasteiger partial charge is 0.491 e. The van der Waals surface area contributed by atoms with Gasteiger partial charge in [0.15, 0.2) is 0 Å². The monoisotopic (exact) mass is 330 g/mol. The fourth-order valence-electron chi connectivity index (χ4n) is 3.78. The van der Waals surface area contributed by atoms with Gasteiger partial charge in [-0.25, -0.2) is 0 Å². The molecule has 0 amide bonds. The third-order valence-corrected chi connectivity index (χ3v) is 5.73. The summed E-state index contributed by atoms with van der Waals surface area (Å²) >= 11 is 1.77. The van der Waals surface area contributed by atoms with Gasteiger partial charge in [-0.15, -0.1) is 0 Å². The highest BCUT2D eigenvalue weighted by Gasteiger charge is 2.48. The zero-order valence-electron chi connectivity index (χ0n) is 13.2. The third-order valence-electron chi connectivity index (χ3n) is 4.99. The maximum absolute atomic E-state index is 6.07. The molecule has 0 aromatic carbocycles. The molecule has 2 fully saturated rings. The van der Waals surface area contributed by atoms with Crippen molar-refractivity contribution in [1.29, 1.82) is 0 Å². The molecular formula is C18H22N2O2S. The van der Waals surface area contributed by atoms with Gasteiger partial charge in [0.1, 0.15) is 5.75 Å². The number of ether oxygens (including phenoxy) is 2. The molecule has 0 aliphatic carbocycles. The molecule has 0 radical (unpaired) electrons. The standard InChI is InChI=1S/C18H22N2O2S/c1-2-16(10-19-6-1)22-14-18-5-8-21-17(18)3-7-20(13-18)11-15-4-9-23-12-15/h1-2,4,6,9-10,12,17H,3,5,7-8,11,13-14H2/t17-,18+/m0/s1. The molecule has 2 saturated heterocycles. The van der Waals surface area contributed by atoms with Gasteiger partial charge in [0.2, 0.25) is 0 Å². The summed E-state index contributed by atoms with van der Waals surface area (Å²) in [6, 6.07) is 6.11. The van der Waals surface area contributed by atoms with Gasteiger partial charge >= 0.3 is 0 Å². The summed E-state index contributed by atoms with van der Waals surface area (Å²) in [6.07, 6.45) is 6.07. The molecule has 4 rings (SSSR count). The number of aromatic nitrogens is 1. The normalized spacial score (nSPS) is 27.7. The zero-order chi connectivity index (χ0) is 15.5. The fourth-order valence-corrected chi connectivity index (χ4v) is 4.44. The molecule has 4 heterocycles. The first-order valence-electron chi connectivity index (χ1n) is 8.22. The van der Waals surface area contributed by atoms with Crippen LogP contribution in [0, 0.1) is 5.41 Å². The van der Waals surface area contributed by atoms with Crippen molar-refractivity contribution in [1.82, 2.24) is 9.88 Å². The summed E-state index contributed by atoms with van der Waals surface area (Å²) in [5.41, 5.74) is 1.53. The predicted octanol–water partition coefficient (Wildman–Crippen LogP) is 3.20. The van der Waals surface area contributed by atoms with Gasteiger partial charge in [0, 0.05) is 37.9 Å². The average molecular weight is 330 g/mol. The van der Waals surface area contributed by atoms with E-state index in [-0.39, 0.29) is 5.41 Å². The summed E-state index contributed by atoms with van der Waals surface area (Å²) in [4.78, 5) is 6.69. The number of hydrogen-bond acceptors (Lipinski definition) is 5. The van der Waals surface area contributed by atoms with Crippen molar-refractivity contribution >= 4 is 11.3 Å². The zero-order valence-corrected chi connectivity index (χ0v) is 14.0. The molecule has 0 bridgehead atoms. The van der Waals surface area contributed by atoms with Crippen molar-refractivity contribution in [3.8, 4) is 5.75 Å². The summed E-state index contributed by atoms with van der Waals surface area (Å²) in [6.45, 7) is 4.75. The van der Waals surface area contributed by atoms with Crippen molar-refractivity contribution < 1.29 is 9.47 Å². The molecule has 0 unspecified atom stereocenters. The summed E-state index contributed by atoms with van der Waals surface area (Å²) in [5, 5.41) is 4.40. The van der Waals surface area contributed by atoms with Crippen LogP contribution < -0.4 is 4.74 Å². The Kier molecular flexibility index (Phi) is 4.33. The highest BCUT2D eigenvalue weighted by Crippen LogP contribution is 2.41. The van der Waals surface area contributed by atoms with E-state index >= 15 is 0 Å². The number of nitrogens with zero attached hydrogens (tertiary/aromatic N) is 2. The smallest absolute Gasteiger partial charge is 0.137 e.